The van der Waals surface area contributed by atoms with Crippen LogP contribution in [0.3, 0.4) is 0 Å². The van der Waals surface area contributed by atoms with E-state index >= 15 is 0 Å². The third-order valence-corrected chi connectivity index (χ3v) is 3.74. The fourth-order valence-electron chi connectivity index (χ4n) is 2.63. The molecule has 1 atom stereocenters. The Morgan fingerprint density at radius 2 is 2.09 bits per heavy atom. The Bertz CT molecular complexity index is 529. The van der Waals surface area contributed by atoms with Crippen LogP contribution < -0.4 is 4.74 Å². The predicted molar refractivity (Wildman–Crippen MR) is 82.9 cm³/mol. The van der Waals surface area contributed by atoms with Crippen LogP contribution in [0.5, 0.6) is 5.75 Å². The van der Waals surface area contributed by atoms with E-state index in [-0.39, 0.29) is 12.5 Å². The van der Waals surface area contributed by atoms with Crippen molar-refractivity contribution in [1.82, 2.24) is 4.90 Å². The number of rotatable bonds is 5. The van der Waals surface area contributed by atoms with Crippen LogP contribution in [0.25, 0.3) is 0 Å². The highest BCUT2D eigenvalue weighted by molar-refractivity contribution is 5.94. The third-order valence-electron chi connectivity index (χ3n) is 3.74. The summed E-state index contributed by atoms with van der Waals surface area (Å²) < 4.78 is 10.6. The number of hydrogen-bond donors (Lipinski definition) is 0. The summed E-state index contributed by atoms with van der Waals surface area (Å²) >= 11 is 0. The minimum atomic E-state index is -0.526. The van der Waals surface area contributed by atoms with Gasteiger partial charge in [0.15, 0.2) is 6.61 Å². The van der Waals surface area contributed by atoms with Gasteiger partial charge in [-0.15, -0.1) is 0 Å². The van der Waals surface area contributed by atoms with Gasteiger partial charge in [0.25, 0.3) is 5.91 Å². The molecule has 22 heavy (non-hydrogen) atoms. The number of hydrogen-bond acceptors (Lipinski definition) is 4. The number of amides is 1. The number of ether oxygens (including phenoxy) is 2. The highest BCUT2D eigenvalue weighted by Crippen LogP contribution is 2.19. The van der Waals surface area contributed by atoms with E-state index in [1.54, 1.807) is 29.2 Å². The first-order valence-electron chi connectivity index (χ1n) is 7.78. The number of carbonyl (C=O) groups excluding carboxylic acids is 2. The van der Waals surface area contributed by atoms with Gasteiger partial charge in [-0.1, -0.05) is 19.1 Å². The number of nitrogens with zero attached hydrogens (tertiary/aromatic N) is 1. The highest BCUT2D eigenvalue weighted by Gasteiger charge is 2.22. The molecule has 0 aliphatic carbocycles. The summed E-state index contributed by atoms with van der Waals surface area (Å²) in [6, 6.07) is 6.89. The quantitative estimate of drug-likeness (QED) is 0.784. The van der Waals surface area contributed by atoms with E-state index in [2.05, 4.69) is 6.92 Å². The van der Waals surface area contributed by atoms with E-state index in [1.807, 2.05) is 6.92 Å². The lowest BCUT2D eigenvalue weighted by Crippen LogP contribution is -2.41. The lowest BCUT2D eigenvalue weighted by Gasteiger charge is -2.30. The van der Waals surface area contributed by atoms with Gasteiger partial charge >= 0.3 is 5.97 Å². The van der Waals surface area contributed by atoms with Gasteiger partial charge in [0.1, 0.15) is 11.3 Å². The van der Waals surface area contributed by atoms with E-state index in [0.29, 0.717) is 23.8 Å². The summed E-state index contributed by atoms with van der Waals surface area (Å²) in [4.78, 5) is 26.0. The molecule has 1 aliphatic rings. The fourth-order valence-corrected chi connectivity index (χ4v) is 2.63. The number of para-hydroxylation sites is 1. The molecule has 0 bridgehead atoms. The lowest BCUT2D eigenvalue weighted by atomic mass is 10.0. The molecule has 1 unspecified atom stereocenters. The Morgan fingerprint density at radius 1 is 1.32 bits per heavy atom. The molecule has 0 aromatic heterocycles. The average Bonchev–Trinajstić information content (AvgIpc) is 2.53. The van der Waals surface area contributed by atoms with Crippen LogP contribution in [0.4, 0.5) is 0 Å². The topological polar surface area (TPSA) is 55.8 Å². The molecule has 0 spiro atoms. The van der Waals surface area contributed by atoms with Gasteiger partial charge < -0.3 is 14.4 Å². The third kappa shape index (κ3) is 4.23. The SMILES string of the molecule is CCOc1ccccc1C(=O)OCC(=O)N1CCCC(C)C1. The summed E-state index contributed by atoms with van der Waals surface area (Å²) in [5.41, 5.74) is 0.351. The van der Waals surface area contributed by atoms with E-state index < -0.39 is 5.97 Å². The molecule has 0 saturated carbocycles. The molecule has 0 N–H and O–H groups in total. The van der Waals surface area contributed by atoms with Crippen molar-refractivity contribution < 1.29 is 19.1 Å². The van der Waals surface area contributed by atoms with Gasteiger partial charge in [-0.2, -0.15) is 0 Å². The number of piperidine rings is 1. The summed E-state index contributed by atoms with van der Waals surface area (Å²) in [7, 11) is 0. The standard InChI is InChI=1S/C17H23NO4/c1-3-21-15-9-5-4-8-14(15)17(20)22-12-16(19)18-10-6-7-13(2)11-18/h4-5,8-9,13H,3,6-7,10-12H2,1-2H3. The Labute approximate surface area is 131 Å². The first-order chi connectivity index (χ1) is 10.6. The van der Waals surface area contributed by atoms with Crippen molar-refractivity contribution in [1.29, 1.82) is 0 Å². The Hall–Kier alpha value is -2.04. The van der Waals surface area contributed by atoms with Crippen LogP contribution in [0.15, 0.2) is 24.3 Å². The maximum absolute atomic E-state index is 12.1. The van der Waals surface area contributed by atoms with Gasteiger partial charge in [0.05, 0.1) is 6.61 Å². The maximum Gasteiger partial charge on any atom is 0.342 e. The summed E-state index contributed by atoms with van der Waals surface area (Å²) in [6.45, 7) is 5.72. The number of benzene rings is 1. The number of esters is 1. The van der Waals surface area contributed by atoms with Gasteiger partial charge in [-0.3, -0.25) is 4.79 Å². The molecule has 1 fully saturated rings. The van der Waals surface area contributed by atoms with Crippen LogP contribution in [-0.4, -0.2) is 43.1 Å². The first kappa shape index (κ1) is 16.3. The van der Waals surface area contributed by atoms with Gasteiger partial charge in [0.2, 0.25) is 0 Å². The minimum absolute atomic E-state index is 0.131. The maximum atomic E-state index is 12.1. The molecule has 1 aromatic rings. The van der Waals surface area contributed by atoms with Crippen LogP contribution in [0, 0.1) is 5.92 Å². The molecular formula is C17H23NO4. The second-order valence-electron chi connectivity index (χ2n) is 5.59. The van der Waals surface area contributed by atoms with E-state index in [4.69, 9.17) is 9.47 Å². The minimum Gasteiger partial charge on any atom is -0.493 e. The Balaban J connectivity index is 1.91. The smallest absolute Gasteiger partial charge is 0.342 e. The second-order valence-corrected chi connectivity index (χ2v) is 5.59. The molecule has 120 valence electrons. The van der Waals surface area contributed by atoms with Crippen molar-refractivity contribution >= 4 is 11.9 Å². The first-order valence-corrected chi connectivity index (χ1v) is 7.78. The van der Waals surface area contributed by atoms with E-state index in [9.17, 15) is 9.59 Å². The molecule has 1 saturated heterocycles. The highest BCUT2D eigenvalue weighted by atomic mass is 16.5. The van der Waals surface area contributed by atoms with Crippen LogP contribution in [0.1, 0.15) is 37.0 Å². The Morgan fingerprint density at radius 3 is 2.82 bits per heavy atom. The zero-order valence-corrected chi connectivity index (χ0v) is 13.2. The molecular weight excluding hydrogens is 282 g/mol. The van der Waals surface area contributed by atoms with Gasteiger partial charge in [-0.25, -0.2) is 4.79 Å². The molecule has 1 aliphatic heterocycles. The summed E-state index contributed by atoms with van der Waals surface area (Å²) in [5.74, 6) is 0.331. The summed E-state index contributed by atoms with van der Waals surface area (Å²) in [5, 5.41) is 0. The van der Waals surface area contributed by atoms with E-state index in [1.165, 1.54) is 0 Å². The zero-order chi connectivity index (χ0) is 15.9. The van der Waals surface area contributed by atoms with Crippen molar-refractivity contribution in [3.63, 3.8) is 0 Å². The van der Waals surface area contributed by atoms with E-state index in [0.717, 1.165) is 25.9 Å². The van der Waals surface area contributed by atoms with Crippen LogP contribution in [0.2, 0.25) is 0 Å². The monoisotopic (exact) mass is 305 g/mol. The zero-order valence-electron chi connectivity index (χ0n) is 13.2. The van der Waals surface area contributed by atoms with Crippen molar-refractivity contribution in [3.05, 3.63) is 29.8 Å². The summed E-state index contributed by atoms with van der Waals surface area (Å²) in [6.07, 6.45) is 2.15. The van der Waals surface area contributed by atoms with Crippen molar-refractivity contribution in [3.8, 4) is 5.75 Å². The fraction of sp³-hybridized carbons (Fsp3) is 0.529. The van der Waals surface area contributed by atoms with Crippen LogP contribution in [-0.2, 0) is 9.53 Å². The number of carbonyl (C=O) groups is 2. The van der Waals surface area contributed by atoms with Gasteiger partial charge in [0, 0.05) is 13.1 Å². The normalized spacial score (nSPS) is 17.9. The number of likely N-dealkylation sites (tertiary alicyclic amines) is 1. The molecule has 2 rings (SSSR count). The molecule has 5 heteroatoms. The molecule has 1 amide bonds. The average molecular weight is 305 g/mol. The Kier molecular flexibility index (Phi) is 5.81. The second kappa shape index (κ2) is 7.82. The molecule has 1 heterocycles. The van der Waals surface area contributed by atoms with Crippen molar-refractivity contribution in [2.24, 2.45) is 5.92 Å². The molecule has 0 radical (unpaired) electrons. The molecule has 5 nitrogen and oxygen atoms in total. The molecule has 1 aromatic carbocycles. The largest absolute Gasteiger partial charge is 0.493 e. The van der Waals surface area contributed by atoms with Gasteiger partial charge in [-0.05, 0) is 37.8 Å². The van der Waals surface area contributed by atoms with Crippen molar-refractivity contribution in [2.75, 3.05) is 26.3 Å². The van der Waals surface area contributed by atoms with Crippen molar-refractivity contribution in [2.45, 2.75) is 26.7 Å². The lowest BCUT2D eigenvalue weighted by molar-refractivity contribution is -0.136. The van der Waals surface area contributed by atoms with Crippen LogP contribution >= 0.6 is 0 Å². The predicted octanol–water partition coefficient (Wildman–Crippen LogP) is 2.50.